The van der Waals surface area contributed by atoms with E-state index in [1.807, 2.05) is 6.92 Å². The third-order valence-electron chi connectivity index (χ3n) is 3.08. The molecule has 2 rings (SSSR count). The number of hydrogen-bond donors (Lipinski definition) is 2. The second-order valence-corrected chi connectivity index (χ2v) is 5.40. The summed E-state index contributed by atoms with van der Waals surface area (Å²) in [6.45, 7) is 3.43. The summed E-state index contributed by atoms with van der Waals surface area (Å²) in [5.74, 6) is -1.03. The molecule has 1 heterocycles. The van der Waals surface area contributed by atoms with Crippen molar-refractivity contribution >= 4 is 33.6 Å². The zero-order valence-electron chi connectivity index (χ0n) is 10.9. The molecule has 0 bridgehead atoms. The Hall–Kier alpha value is -1.60. The SMILES string of the molecule is CC1COCCN1C(=O)Nc1cc(C(=O)O)ccc1Br. The Labute approximate surface area is 124 Å². The smallest absolute Gasteiger partial charge is 0.335 e. The molecule has 7 heteroatoms. The Balaban J connectivity index is 2.14. The molecule has 0 saturated carbocycles. The highest BCUT2D eigenvalue weighted by atomic mass is 79.9. The van der Waals surface area contributed by atoms with Crippen LogP contribution in [0, 0.1) is 0 Å². The average Bonchev–Trinajstić information content (AvgIpc) is 2.41. The van der Waals surface area contributed by atoms with Crippen LogP contribution in [0.4, 0.5) is 10.5 Å². The van der Waals surface area contributed by atoms with Crippen LogP contribution in [0.5, 0.6) is 0 Å². The molecule has 1 aliphatic heterocycles. The van der Waals surface area contributed by atoms with E-state index in [2.05, 4.69) is 21.2 Å². The minimum atomic E-state index is -1.03. The molecule has 0 radical (unpaired) electrons. The predicted octanol–water partition coefficient (Wildman–Crippen LogP) is 2.40. The minimum absolute atomic E-state index is 0.00909. The van der Waals surface area contributed by atoms with Crippen molar-refractivity contribution in [1.29, 1.82) is 0 Å². The van der Waals surface area contributed by atoms with Crippen LogP contribution < -0.4 is 5.32 Å². The Morgan fingerprint density at radius 1 is 1.50 bits per heavy atom. The maximum Gasteiger partial charge on any atom is 0.335 e. The number of aromatic carboxylic acids is 1. The number of morpholine rings is 1. The highest BCUT2D eigenvalue weighted by Gasteiger charge is 2.24. The first-order chi connectivity index (χ1) is 9.49. The number of carbonyl (C=O) groups excluding carboxylic acids is 1. The van der Waals surface area contributed by atoms with E-state index in [9.17, 15) is 9.59 Å². The summed E-state index contributed by atoms with van der Waals surface area (Å²) in [5.41, 5.74) is 0.562. The van der Waals surface area contributed by atoms with Crippen molar-refractivity contribution in [3.05, 3.63) is 28.2 Å². The topological polar surface area (TPSA) is 78.9 Å². The molecule has 6 nitrogen and oxygen atoms in total. The third kappa shape index (κ3) is 3.29. The second kappa shape index (κ2) is 6.23. The van der Waals surface area contributed by atoms with Gasteiger partial charge in [-0.25, -0.2) is 9.59 Å². The number of nitrogens with one attached hydrogen (secondary N) is 1. The molecule has 0 aliphatic carbocycles. The fraction of sp³-hybridized carbons (Fsp3) is 0.385. The lowest BCUT2D eigenvalue weighted by molar-refractivity contribution is 0.0221. The summed E-state index contributed by atoms with van der Waals surface area (Å²) in [5, 5.41) is 11.7. The van der Waals surface area contributed by atoms with Crippen LogP contribution in [0.15, 0.2) is 22.7 Å². The average molecular weight is 343 g/mol. The largest absolute Gasteiger partial charge is 0.478 e. The van der Waals surface area contributed by atoms with Crippen LogP contribution in [-0.4, -0.2) is 47.8 Å². The molecule has 1 saturated heterocycles. The number of urea groups is 1. The molecule has 108 valence electrons. The maximum absolute atomic E-state index is 12.2. The first-order valence-corrected chi connectivity index (χ1v) is 6.96. The maximum atomic E-state index is 12.2. The molecule has 0 aromatic heterocycles. The fourth-order valence-corrected chi connectivity index (χ4v) is 2.32. The highest BCUT2D eigenvalue weighted by Crippen LogP contribution is 2.24. The number of carbonyl (C=O) groups is 2. The number of nitrogens with zero attached hydrogens (tertiary/aromatic N) is 1. The van der Waals surface area contributed by atoms with Gasteiger partial charge in [-0.1, -0.05) is 0 Å². The van der Waals surface area contributed by atoms with Gasteiger partial charge in [0.1, 0.15) is 0 Å². The number of carboxylic acids is 1. The number of benzene rings is 1. The van der Waals surface area contributed by atoms with Gasteiger partial charge in [0.15, 0.2) is 0 Å². The minimum Gasteiger partial charge on any atom is -0.478 e. The summed E-state index contributed by atoms with van der Waals surface area (Å²) < 4.78 is 5.91. The van der Waals surface area contributed by atoms with Gasteiger partial charge in [0.2, 0.25) is 0 Å². The highest BCUT2D eigenvalue weighted by molar-refractivity contribution is 9.10. The molecule has 2 N–H and O–H groups in total. The Bertz CT molecular complexity index is 535. The predicted molar refractivity (Wildman–Crippen MR) is 77.1 cm³/mol. The summed E-state index contributed by atoms with van der Waals surface area (Å²) >= 11 is 3.30. The number of amides is 2. The van der Waals surface area contributed by atoms with E-state index < -0.39 is 5.97 Å². The lowest BCUT2D eigenvalue weighted by Crippen LogP contribution is -2.48. The van der Waals surface area contributed by atoms with Gasteiger partial charge in [0.25, 0.3) is 0 Å². The van der Waals surface area contributed by atoms with Gasteiger partial charge in [-0.05, 0) is 41.1 Å². The van der Waals surface area contributed by atoms with E-state index in [4.69, 9.17) is 9.84 Å². The van der Waals surface area contributed by atoms with Gasteiger partial charge >= 0.3 is 12.0 Å². The molecular weight excluding hydrogens is 328 g/mol. The number of anilines is 1. The molecule has 1 aliphatic rings. The molecule has 1 aromatic carbocycles. The zero-order chi connectivity index (χ0) is 14.7. The van der Waals surface area contributed by atoms with Crippen molar-refractivity contribution < 1.29 is 19.4 Å². The van der Waals surface area contributed by atoms with Crippen molar-refractivity contribution in [2.45, 2.75) is 13.0 Å². The summed E-state index contributed by atoms with van der Waals surface area (Å²) in [7, 11) is 0. The van der Waals surface area contributed by atoms with Gasteiger partial charge in [-0.15, -0.1) is 0 Å². The lowest BCUT2D eigenvalue weighted by atomic mass is 10.2. The molecule has 1 atom stereocenters. The standard InChI is InChI=1S/C13H15BrN2O4/c1-8-7-20-5-4-16(8)13(19)15-11-6-9(12(17)18)2-3-10(11)14/h2-3,6,8H,4-5,7H2,1H3,(H,15,19)(H,17,18). The lowest BCUT2D eigenvalue weighted by Gasteiger charge is -2.33. The van der Waals surface area contributed by atoms with E-state index in [1.165, 1.54) is 12.1 Å². The third-order valence-corrected chi connectivity index (χ3v) is 3.77. The summed E-state index contributed by atoms with van der Waals surface area (Å²) in [6, 6.07) is 4.23. The van der Waals surface area contributed by atoms with Crippen molar-refractivity contribution in [3.63, 3.8) is 0 Å². The first kappa shape index (κ1) is 14.8. The fourth-order valence-electron chi connectivity index (χ4n) is 1.97. The molecule has 1 unspecified atom stereocenters. The van der Waals surface area contributed by atoms with E-state index >= 15 is 0 Å². The number of halogens is 1. The van der Waals surface area contributed by atoms with Gasteiger partial charge < -0.3 is 20.1 Å². The van der Waals surface area contributed by atoms with Gasteiger partial charge in [-0.3, -0.25) is 0 Å². The number of rotatable bonds is 2. The first-order valence-electron chi connectivity index (χ1n) is 6.17. The monoisotopic (exact) mass is 342 g/mol. The molecular formula is C13H15BrN2O4. The van der Waals surface area contributed by atoms with Crippen LogP contribution in [0.25, 0.3) is 0 Å². The van der Waals surface area contributed by atoms with Crippen molar-refractivity contribution in [2.24, 2.45) is 0 Å². The van der Waals surface area contributed by atoms with E-state index in [-0.39, 0.29) is 17.6 Å². The number of hydrogen-bond acceptors (Lipinski definition) is 3. The Morgan fingerprint density at radius 3 is 2.90 bits per heavy atom. The van der Waals surface area contributed by atoms with Gasteiger partial charge in [0.05, 0.1) is 30.5 Å². The van der Waals surface area contributed by atoms with E-state index in [0.29, 0.717) is 29.9 Å². The van der Waals surface area contributed by atoms with E-state index in [1.54, 1.807) is 11.0 Å². The number of ether oxygens (including phenoxy) is 1. The van der Waals surface area contributed by atoms with Crippen LogP contribution >= 0.6 is 15.9 Å². The van der Waals surface area contributed by atoms with E-state index in [0.717, 1.165) is 0 Å². The molecule has 0 spiro atoms. The van der Waals surface area contributed by atoms with Crippen molar-refractivity contribution in [1.82, 2.24) is 4.90 Å². The van der Waals surface area contributed by atoms with Gasteiger partial charge in [-0.2, -0.15) is 0 Å². The zero-order valence-corrected chi connectivity index (χ0v) is 12.5. The molecule has 1 fully saturated rings. The van der Waals surface area contributed by atoms with Crippen LogP contribution in [0.2, 0.25) is 0 Å². The van der Waals surface area contributed by atoms with Crippen molar-refractivity contribution in [2.75, 3.05) is 25.1 Å². The van der Waals surface area contributed by atoms with Gasteiger partial charge in [0, 0.05) is 11.0 Å². The van der Waals surface area contributed by atoms with Crippen LogP contribution in [0.3, 0.4) is 0 Å². The molecule has 20 heavy (non-hydrogen) atoms. The second-order valence-electron chi connectivity index (χ2n) is 4.55. The van der Waals surface area contributed by atoms with Crippen LogP contribution in [0.1, 0.15) is 17.3 Å². The molecule has 2 amide bonds. The number of carboxylic acid groups (broad SMARTS) is 1. The van der Waals surface area contributed by atoms with Crippen molar-refractivity contribution in [3.8, 4) is 0 Å². The van der Waals surface area contributed by atoms with Crippen LogP contribution in [-0.2, 0) is 4.74 Å². The Morgan fingerprint density at radius 2 is 2.25 bits per heavy atom. The summed E-state index contributed by atoms with van der Waals surface area (Å²) in [4.78, 5) is 24.8. The molecule has 1 aromatic rings. The Kier molecular flexibility index (Phi) is 4.61. The normalized spacial score (nSPS) is 18.7. The quantitative estimate of drug-likeness (QED) is 0.864. The summed E-state index contributed by atoms with van der Waals surface area (Å²) in [6.07, 6.45) is 0.